The molecule has 0 radical (unpaired) electrons. The Hall–Kier alpha value is -5.00. The molecule has 1 saturated heterocycles. The number of nitro groups is 1. The third-order valence-corrected chi connectivity index (χ3v) is 6.85. The van der Waals surface area contributed by atoms with Gasteiger partial charge in [-0.25, -0.2) is 4.79 Å². The molecule has 3 aromatic carbocycles. The Morgan fingerprint density at radius 3 is 2.41 bits per heavy atom. The van der Waals surface area contributed by atoms with Crippen molar-refractivity contribution in [2.45, 2.75) is 18.9 Å². The Labute approximate surface area is 223 Å². The number of methoxy groups -OCH3 is 2. The van der Waals surface area contributed by atoms with Crippen LogP contribution in [0.25, 0.3) is 11.1 Å². The molecule has 0 saturated carbocycles. The Morgan fingerprint density at radius 1 is 1.00 bits per heavy atom. The van der Waals surface area contributed by atoms with Gasteiger partial charge in [0.15, 0.2) is 17.2 Å². The van der Waals surface area contributed by atoms with E-state index < -0.39 is 11.0 Å². The van der Waals surface area contributed by atoms with E-state index in [1.165, 1.54) is 25.2 Å². The smallest absolute Gasteiger partial charge is 0.407 e. The number of carboxylic acid groups (broad SMARTS) is 1. The molecule has 2 aliphatic heterocycles. The maximum Gasteiger partial charge on any atom is 0.407 e. The van der Waals surface area contributed by atoms with Crippen LogP contribution in [0.2, 0.25) is 0 Å². The normalized spacial score (nSPS) is 15.8. The largest absolute Gasteiger partial charge is 0.493 e. The lowest BCUT2D eigenvalue weighted by Gasteiger charge is -2.22. The van der Waals surface area contributed by atoms with Crippen LogP contribution in [-0.4, -0.2) is 60.3 Å². The zero-order valence-electron chi connectivity index (χ0n) is 21.2. The number of ether oxygens (including phenoxy) is 3. The van der Waals surface area contributed by atoms with Crippen LogP contribution >= 0.6 is 0 Å². The average molecular weight is 535 g/mol. The van der Waals surface area contributed by atoms with Crippen LogP contribution in [0.5, 0.6) is 17.2 Å². The van der Waals surface area contributed by atoms with Crippen molar-refractivity contribution in [3.63, 3.8) is 0 Å². The van der Waals surface area contributed by atoms with Gasteiger partial charge in [-0.2, -0.15) is 0 Å². The van der Waals surface area contributed by atoms with E-state index in [0.29, 0.717) is 58.2 Å². The molecule has 1 atom stereocenters. The third kappa shape index (κ3) is 4.96. The average Bonchev–Trinajstić information content (AvgIpc) is 3.36. The quantitative estimate of drug-likeness (QED) is 0.277. The van der Waals surface area contributed by atoms with E-state index in [1.807, 2.05) is 0 Å². The van der Waals surface area contributed by atoms with Gasteiger partial charge in [0.1, 0.15) is 6.61 Å². The Balaban J connectivity index is 1.46. The van der Waals surface area contributed by atoms with Crippen LogP contribution in [0.15, 0.2) is 48.5 Å². The summed E-state index contributed by atoms with van der Waals surface area (Å²) >= 11 is 0. The molecule has 0 bridgehead atoms. The van der Waals surface area contributed by atoms with Crippen LogP contribution in [0.1, 0.15) is 23.2 Å². The van der Waals surface area contributed by atoms with Crippen LogP contribution in [0, 0.1) is 10.1 Å². The summed E-state index contributed by atoms with van der Waals surface area (Å²) in [4.78, 5) is 36.7. The molecule has 3 aromatic rings. The first kappa shape index (κ1) is 25.6. The van der Waals surface area contributed by atoms with E-state index in [9.17, 15) is 24.8 Å². The van der Waals surface area contributed by atoms with Crippen molar-refractivity contribution in [3.8, 4) is 28.4 Å². The predicted molar refractivity (Wildman–Crippen MR) is 143 cm³/mol. The zero-order chi connectivity index (χ0) is 27.7. The van der Waals surface area contributed by atoms with Crippen LogP contribution in [-0.2, 0) is 0 Å². The molecule has 202 valence electrons. The van der Waals surface area contributed by atoms with Crippen molar-refractivity contribution in [3.05, 3.63) is 64.2 Å². The minimum Gasteiger partial charge on any atom is -0.493 e. The number of rotatable bonds is 7. The van der Waals surface area contributed by atoms with Crippen LogP contribution in [0.3, 0.4) is 0 Å². The van der Waals surface area contributed by atoms with Gasteiger partial charge >= 0.3 is 11.8 Å². The summed E-state index contributed by atoms with van der Waals surface area (Å²) in [5.74, 6) is 0.583. The van der Waals surface area contributed by atoms with Crippen LogP contribution in [0.4, 0.5) is 27.5 Å². The number of fused-ring (bicyclic) bond motifs is 2. The van der Waals surface area contributed by atoms with Gasteiger partial charge in [0.05, 0.1) is 47.8 Å². The van der Waals surface area contributed by atoms with Crippen molar-refractivity contribution in [1.82, 2.24) is 4.90 Å². The van der Waals surface area contributed by atoms with E-state index in [-0.39, 0.29) is 30.0 Å². The zero-order valence-corrected chi connectivity index (χ0v) is 21.2. The molecular weight excluding hydrogens is 508 g/mol. The molecular formula is C27H26N4O8. The number of anilines is 3. The fourth-order valence-electron chi connectivity index (χ4n) is 4.85. The molecule has 12 heteroatoms. The van der Waals surface area contributed by atoms with Crippen molar-refractivity contribution in [1.29, 1.82) is 0 Å². The van der Waals surface area contributed by atoms with Gasteiger partial charge in [0.2, 0.25) is 0 Å². The number of benzene rings is 3. The lowest BCUT2D eigenvalue weighted by atomic mass is 10.0. The maximum absolute atomic E-state index is 13.0. The van der Waals surface area contributed by atoms with Crippen molar-refractivity contribution >= 4 is 34.7 Å². The summed E-state index contributed by atoms with van der Waals surface area (Å²) in [5, 5.41) is 26.9. The highest BCUT2D eigenvalue weighted by molar-refractivity contribution is 6.12. The molecule has 2 heterocycles. The summed E-state index contributed by atoms with van der Waals surface area (Å²) in [7, 11) is 2.85. The summed E-state index contributed by atoms with van der Waals surface area (Å²) in [5.41, 5.74) is 3.19. The Bertz CT molecular complexity index is 1470. The van der Waals surface area contributed by atoms with Crippen molar-refractivity contribution in [2.75, 3.05) is 38.0 Å². The molecule has 0 spiro atoms. The minimum absolute atomic E-state index is 0.126. The first-order valence-electron chi connectivity index (χ1n) is 12.2. The number of nitrogens with one attached hydrogen (secondary N) is 2. The number of amides is 2. The summed E-state index contributed by atoms with van der Waals surface area (Å²) in [6, 6.07) is 12.8. The third-order valence-electron chi connectivity index (χ3n) is 6.85. The second-order valence-electron chi connectivity index (χ2n) is 9.11. The van der Waals surface area contributed by atoms with Gasteiger partial charge in [-0.1, -0.05) is 6.07 Å². The summed E-state index contributed by atoms with van der Waals surface area (Å²) in [6.07, 6.45) is 0.504. The fourth-order valence-corrected chi connectivity index (χ4v) is 4.85. The Kier molecular flexibility index (Phi) is 6.84. The molecule has 5 rings (SSSR count). The maximum atomic E-state index is 13.0. The molecule has 0 unspecified atom stereocenters. The van der Waals surface area contributed by atoms with Crippen LogP contribution < -0.4 is 24.8 Å². The summed E-state index contributed by atoms with van der Waals surface area (Å²) < 4.78 is 16.7. The highest BCUT2D eigenvalue weighted by Gasteiger charge is 2.30. The van der Waals surface area contributed by atoms with Crippen molar-refractivity contribution < 1.29 is 33.8 Å². The van der Waals surface area contributed by atoms with E-state index in [1.54, 1.807) is 42.5 Å². The predicted octanol–water partition coefficient (Wildman–Crippen LogP) is 5.11. The fraction of sp³-hybridized carbons (Fsp3) is 0.259. The number of likely N-dealkylation sites (tertiary alicyclic amines) is 1. The number of nitrogens with zero attached hydrogens (tertiary/aromatic N) is 2. The number of hydrogen-bond donors (Lipinski definition) is 3. The topological polar surface area (TPSA) is 153 Å². The molecule has 2 aliphatic rings. The standard InChI is InChI=1S/C27H26N4O8/c1-37-23-11-16(6-8-22(23)31(35)36)15-5-7-18-19(10-15)28-20-13-25(24(38-2)12-21(20)29-26(18)32)39-14-17-4-3-9-30(17)27(33)34/h5-8,10-13,17,28H,3-4,9,14H2,1-2H3,(H,29,32)(H,33,34)/t17-/m1/s1. The minimum atomic E-state index is -0.975. The first-order chi connectivity index (χ1) is 18.8. The molecule has 39 heavy (non-hydrogen) atoms. The number of carbonyl (C=O) groups excluding carboxylic acids is 1. The number of hydrogen-bond acceptors (Lipinski definition) is 8. The molecule has 0 aromatic heterocycles. The van der Waals surface area contributed by atoms with Crippen molar-refractivity contribution in [2.24, 2.45) is 0 Å². The van der Waals surface area contributed by atoms with E-state index in [4.69, 9.17) is 14.2 Å². The highest BCUT2D eigenvalue weighted by atomic mass is 16.6. The molecule has 2 amide bonds. The second-order valence-corrected chi connectivity index (χ2v) is 9.11. The van der Waals surface area contributed by atoms with E-state index in [2.05, 4.69) is 10.6 Å². The SMILES string of the molecule is COc1cc2c(cc1OC[C@H]1CCCN1C(=O)O)Nc1cc(-c3ccc([N+](=O)[O-])c(OC)c3)ccc1C(=O)N2. The number of carbonyl (C=O) groups is 2. The Morgan fingerprint density at radius 2 is 1.69 bits per heavy atom. The molecule has 0 aliphatic carbocycles. The monoisotopic (exact) mass is 534 g/mol. The van der Waals surface area contributed by atoms with Gasteiger partial charge in [0, 0.05) is 24.7 Å². The van der Waals surface area contributed by atoms with Gasteiger partial charge in [0.25, 0.3) is 5.91 Å². The highest BCUT2D eigenvalue weighted by Crippen LogP contribution is 2.42. The van der Waals surface area contributed by atoms with E-state index >= 15 is 0 Å². The molecule has 3 N–H and O–H groups in total. The van der Waals surface area contributed by atoms with Gasteiger partial charge < -0.3 is 34.9 Å². The lowest BCUT2D eigenvalue weighted by Crippen LogP contribution is -2.38. The van der Waals surface area contributed by atoms with Gasteiger partial charge in [-0.3, -0.25) is 14.9 Å². The lowest BCUT2D eigenvalue weighted by molar-refractivity contribution is -0.385. The molecule has 1 fully saturated rings. The second kappa shape index (κ2) is 10.4. The molecule has 12 nitrogen and oxygen atoms in total. The summed E-state index contributed by atoms with van der Waals surface area (Å²) in [6.45, 7) is 0.633. The van der Waals surface area contributed by atoms with E-state index in [0.717, 1.165) is 6.42 Å². The van der Waals surface area contributed by atoms with Gasteiger partial charge in [-0.15, -0.1) is 0 Å². The van der Waals surface area contributed by atoms with Gasteiger partial charge in [-0.05, 0) is 48.2 Å². The number of nitro benzene ring substituents is 1. The first-order valence-corrected chi connectivity index (χ1v) is 12.2.